The fourth-order valence-corrected chi connectivity index (χ4v) is 6.31. The van der Waals surface area contributed by atoms with E-state index in [9.17, 15) is 18.0 Å². The standard InChI is InChI=1S/C31H36Cl3N3O5S/c1-6-21(4)35-31(39)27(7-2)36(18-22-10-14-25(33)26(34)16-22)30(38)19-37(28-17-23(32)11-15-29(28)42-5)43(40,41)24-12-8-20(3)9-13-24/h8-17,21,27H,6-7,18-19H2,1-5H3,(H,35,39)/t21-,27+/m0/s1. The van der Waals surface area contributed by atoms with E-state index in [1.807, 2.05) is 20.8 Å². The number of nitrogens with zero attached hydrogens (tertiary/aromatic N) is 2. The molecule has 0 unspecified atom stereocenters. The summed E-state index contributed by atoms with van der Waals surface area (Å²) in [5.74, 6) is -0.765. The molecule has 0 aromatic heterocycles. The van der Waals surface area contributed by atoms with Crippen molar-refractivity contribution in [3.05, 3.63) is 86.9 Å². The Balaban J connectivity index is 2.14. The number of methoxy groups -OCH3 is 1. The van der Waals surface area contributed by atoms with Gasteiger partial charge in [0.05, 0.1) is 27.7 Å². The maximum atomic E-state index is 14.3. The quantitative estimate of drug-likeness (QED) is 0.214. The van der Waals surface area contributed by atoms with Crippen LogP contribution in [-0.4, -0.2) is 50.9 Å². The maximum absolute atomic E-state index is 14.3. The van der Waals surface area contributed by atoms with Crippen molar-refractivity contribution in [3.8, 4) is 5.75 Å². The van der Waals surface area contributed by atoms with Crippen LogP contribution in [0, 0.1) is 6.92 Å². The van der Waals surface area contributed by atoms with Crippen LogP contribution in [0.15, 0.2) is 65.6 Å². The van der Waals surface area contributed by atoms with Gasteiger partial charge in [0.1, 0.15) is 18.3 Å². The van der Waals surface area contributed by atoms with Gasteiger partial charge in [-0.3, -0.25) is 13.9 Å². The summed E-state index contributed by atoms with van der Waals surface area (Å²) < 4.78 is 34.7. The lowest BCUT2D eigenvalue weighted by Crippen LogP contribution is -2.53. The van der Waals surface area contributed by atoms with Crippen molar-refractivity contribution in [1.29, 1.82) is 0 Å². The molecule has 1 N–H and O–H groups in total. The lowest BCUT2D eigenvalue weighted by atomic mass is 10.1. The van der Waals surface area contributed by atoms with E-state index < -0.39 is 28.5 Å². The largest absolute Gasteiger partial charge is 0.495 e. The maximum Gasteiger partial charge on any atom is 0.264 e. The van der Waals surface area contributed by atoms with E-state index in [0.717, 1.165) is 9.87 Å². The van der Waals surface area contributed by atoms with Crippen LogP contribution in [0.5, 0.6) is 5.75 Å². The number of ether oxygens (including phenoxy) is 1. The molecule has 0 aliphatic heterocycles. The van der Waals surface area contributed by atoms with Gasteiger partial charge in [0, 0.05) is 17.6 Å². The third kappa shape index (κ3) is 8.56. The summed E-state index contributed by atoms with van der Waals surface area (Å²) in [6.45, 7) is 6.78. The molecule has 3 aromatic carbocycles. The lowest BCUT2D eigenvalue weighted by molar-refractivity contribution is -0.140. The van der Waals surface area contributed by atoms with E-state index in [-0.39, 0.29) is 51.3 Å². The predicted molar refractivity (Wildman–Crippen MR) is 173 cm³/mol. The van der Waals surface area contributed by atoms with E-state index in [2.05, 4.69) is 5.32 Å². The van der Waals surface area contributed by atoms with Crippen LogP contribution in [0.3, 0.4) is 0 Å². The van der Waals surface area contributed by atoms with Crippen LogP contribution in [-0.2, 0) is 26.2 Å². The molecule has 0 spiro atoms. The van der Waals surface area contributed by atoms with Crippen LogP contribution in [0.4, 0.5) is 5.69 Å². The highest BCUT2D eigenvalue weighted by Gasteiger charge is 2.35. The Morgan fingerprint density at radius 3 is 2.19 bits per heavy atom. The van der Waals surface area contributed by atoms with Gasteiger partial charge in [0.2, 0.25) is 11.8 Å². The van der Waals surface area contributed by atoms with Crippen molar-refractivity contribution in [3.63, 3.8) is 0 Å². The summed E-state index contributed by atoms with van der Waals surface area (Å²) in [6, 6.07) is 14.7. The van der Waals surface area contributed by atoms with Crippen molar-refractivity contribution in [2.24, 2.45) is 0 Å². The predicted octanol–water partition coefficient (Wildman–Crippen LogP) is 6.88. The topological polar surface area (TPSA) is 96.0 Å². The average molecular weight is 669 g/mol. The summed E-state index contributed by atoms with van der Waals surface area (Å²) in [4.78, 5) is 29.0. The highest BCUT2D eigenvalue weighted by molar-refractivity contribution is 7.92. The van der Waals surface area contributed by atoms with E-state index in [0.29, 0.717) is 17.0 Å². The summed E-state index contributed by atoms with van der Waals surface area (Å²) in [7, 11) is -2.90. The number of rotatable bonds is 13. The molecule has 0 aliphatic carbocycles. The van der Waals surface area contributed by atoms with E-state index in [1.165, 1.54) is 36.3 Å². The third-order valence-corrected chi connectivity index (χ3v) is 9.77. The molecule has 43 heavy (non-hydrogen) atoms. The fourth-order valence-electron chi connectivity index (χ4n) is 4.40. The van der Waals surface area contributed by atoms with Crippen molar-refractivity contribution in [2.45, 2.75) is 64.1 Å². The first-order valence-corrected chi connectivity index (χ1v) is 16.4. The molecular formula is C31H36Cl3N3O5S. The molecule has 0 radical (unpaired) electrons. The minimum absolute atomic E-state index is 0.0206. The molecule has 0 fully saturated rings. The van der Waals surface area contributed by atoms with Gasteiger partial charge >= 0.3 is 0 Å². The fraction of sp³-hybridized carbons (Fsp3) is 0.355. The summed E-state index contributed by atoms with van der Waals surface area (Å²) >= 11 is 18.7. The van der Waals surface area contributed by atoms with Crippen LogP contribution >= 0.6 is 34.8 Å². The van der Waals surface area contributed by atoms with Crippen molar-refractivity contribution >= 4 is 62.3 Å². The molecule has 0 aliphatic rings. The van der Waals surface area contributed by atoms with Gasteiger partial charge in [0.15, 0.2) is 0 Å². The van der Waals surface area contributed by atoms with Gasteiger partial charge in [-0.05, 0) is 74.7 Å². The lowest BCUT2D eigenvalue weighted by Gasteiger charge is -2.34. The molecule has 2 atom stereocenters. The van der Waals surface area contributed by atoms with E-state index >= 15 is 0 Å². The van der Waals surface area contributed by atoms with Crippen molar-refractivity contribution in [1.82, 2.24) is 10.2 Å². The molecule has 8 nitrogen and oxygen atoms in total. The molecular weight excluding hydrogens is 633 g/mol. The van der Waals surface area contributed by atoms with Crippen LogP contribution in [0.25, 0.3) is 0 Å². The van der Waals surface area contributed by atoms with Crippen LogP contribution in [0.1, 0.15) is 44.7 Å². The Morgan fingerprint density at radius 2 is 1.60 bits per heavy atom. The van der Waals surface area contributed by atoms with Crippen LogP contribution in [0.2, 0.25) is 15.1 Å². The normalized spacial score (nSPS) is 12.7. The van der Waals surface area contributed by atoms with Crippen molar-refractivity contribution in [2.75, 3.05) is 18.0 Å². The monoisotopic (exact) mass is 667 g/mol. The van der Waals surface area contributed by atoms with Gasteiger partial charge in [-0.1, -0.05) is 72.4 Å². The summed E-state index contributed by atoms with van der Waals surface area (Å²) in [5, 5.41) is 3.82. The number of aryl methyl sites for hydroxylation is 1. The first-order valence-electron chi connectivity index (χ1n) is 13.8. The molecule has 2 amide bonds. The smallest absolute Gasteiger partial charge is 0.264 e. The number of anilines is 1. The molecule has 3 aromatic rings. The number of amides is 2. The molecule has 0 saturated carbocycles. The Kier molecular flexibility index (Phi) is 12.2. The molecule has 0 saturated heterocycles. The Labute approximate surface area is 268 Å². The number of nitrogens with one attached hydrogen (secondary N) is 1. The first-order chi connectivity index (χ1) is 20.3. The number of carbonyl (C=O) groups is 2. The summed E-state index contributed by atoms with van der Waals surface area (Å²) in [5.41, 5.74) is 1.56. The molecule has 12 heteroatoms. The SMILES string of the molecule is CC[C@H](C(=O)N[C@@H](C)CC)N(Cc1ccc(Cl)c(Cl)c1)C(=O)CN(c1cc(Cl)ccc1OC)S(=O)(=O)c1ccc(C)cc1. The number of carbonyl (C=O) groups excluding carboxylic acids is 2. The van der Waals surface area contributed by atoms with Gasteiger partial charge in [-0.2, -0.15) is 0 Å². The number of benzene rings is 3. The van der Waals surface area contributed by atoms with Gasteiger partial charge in [0.25, 0.3) is 10.0 Å². The molecule has 3 rings (SSSR count). The van der Waals surface area contributed by atoms with Gasteiger partial charge < -0.3 is 15.0 Å². The minimum Gasteiger partial charge on any atom is -0.495 e. The highest BCUT2D eigenvalue weighted by atomic mass is 35.5. The number of hydrogen-bond donors (Lipinski definition) is 1. The zero-order chi connectivity index (χ0) is 31.9. The average Bonchev–Trinajstić information content (AvgIpc) is 2.97. The highest BCUT2D eigenvalue weighted by Crippen LogP contribution is 2.35. The Bertz CT molecular complexity index is 1550. The second kappa shape index (κ2) is 15.1. The zero-order valence-corrected chi connectivity index (χ0v) is 27.8. The second-order valence-corrected chi connectivity index (χ2v) is 13.3. The first kappa shape index (κ1) is 34.5. The van der Waals surface area contributed by atoms with E-state index in [1.54, 1.807) is 43.3 Å². The zero-order valence-electron chi connectivity index (χ0n) is 24.7. The molecule has 232 valence electrons. The summed E-state index contributed by atoms with van der Waals surface area (Å²) in [6.07, 6.45) is 0.973. The van der Waals surface area contributed by atoms with Crippen LogP contribution < -0.4 is 14.4 Å². The minimum atomic E-state index is -4.30. The third-order valence-electron chi connectivity index (χ3n) is 7.02. The van der Waals surface area contributed by atoms with Gasteiger partial charge in [-0.15, -0.1) is 0 Å². The van der Waals surface area contributed by atoms with Gasteiger partial charge in [-0.25, -0.2) is 8.42 Å². The Morgan fingerprint density at radius 1 is 0.930 bits per heavy atom. The molecule has 0 bridgehead atoms. The molecule has 0 heterocycles. The number of hydrogen-bond acceptors (Lipinski definition) is 5. The van der Waals surface area contributed by atoms with Crippen molar-refractivity contribution < 1.29 is 22.7 Å². The Hall–Kier alpha value is -2.98. The number of sulfonamides is 1. The second-order valence-electron chi connectivity index (χ2n) is 10.2. The van der Waals surface area contributed by atoms with E-state index in [4.69, 9.17) is 39.5 Å². The number of halogens is 3.